The van der Waals surface area contributed by atoms with Gasteiger partial charge < -0.3 is 10.6 Å². The van der Waals surface area contributed by atoms with Gasteiger partial charge in [0.15, 0.2) is 0 Å². The molecular formula is C15H16F2N4O. The van der Waals surface area contributed by atoms with Crippen LogP contribution in [0.15, 0.2) is 30.5 Å². The number of hydrogen-bond donors (Lipinski definition) is 2. The molecule has 0 aliphatic carbocycles. The largest absolute Gasteiger partial charge is 0.346 e. The van der Waals surface area contributed by atoms with Crippen LogP contribution in [-0.2, 0) is 0 Å². The van der Waals surface area contributed by atoms with Gasteiger partial charge in [-0.2, -0.15) is 0 Å². The molecule has 0 aliphatic heterocycles. The summed E-state index contributed by atoms with van der Waals surface area (Å²) in [6, 6.07) is 4.90. The lowest BCUT2D eigenvalue weighted by Gasteiger charge is -2.20. The summed E-state index contributed by atoms with van der Waals surface area (Å²) in [5, 5.41) is 5.19. The molecule has 1 heterocycles. The van der Waals surface area contributed by atoms with Gasteiger partial charge in [0.2, 0.25) is 5.95 Å². The standard InChI is InChI=1S/C15H16F2N4O/c1-15(2,3)21-13(22)11-7-8-18-14(19-11)20-12-9(16)5-4-6-10(12)17/h4-8H,1-3H3,(H,21,22)(H,18,19,20). The molecule has 0 saturated heterocycles. The van der Waals surface area contributed by atoms with Crippen LogP contribution in [0.2, 0.25) is 0 Å². The van der Waals surface area contributed by atoms with E-state index in [2.05, 4.69) is 20.6 Å². The van der Waals surface area contributed by atoms with Crippen molar-refractivity contribution in [1.29, 1.82) is 0 Å². The molecule has 0 spiro atoms. The minimum Gasteiger partial charge on any atom is -0.346 e. The van der Waals surface area contributed by atoms with Gasteiger partial charge in [0, 0.05) is 11.7 Å². The van der Waals surface area contributed by atoms with Crippen molar-refractivity contribution in [2.75, 3.05) is 5.32 Å². The Morgan fingerprint density at radius 3 is 2.36 bits per heavy atom. The summed E-state index contributed by atoms with van der Waals surface area (Å²) in [5.74, 6) is -2.00. The second-order valence-electron chi connectivity index (χ2n) is 5.69. The van der Waals surface area contributed by atoms with E-state index < -0.39 is 23.1 Å². The van der Waals surface area contributed by atoms with E-state index in [1.54, 1.807) is 0 Å². The van der Waals surface area contributed by atoms with Gasteiger partial charge in [-0.1, -0.05) is 6.07 Å². The molecular weight excluding hydrogens is 290 g/mol. The lowest BCUT2D eigenvalue weighted by atomic mass is 10.1. The normalized spacial score (nSPS) is 11.1. The third-order valence-electron chi connectivity index (χ3n) is 2.58. The monoisotopic (exact) mass is 306 g/mol. The molecule has 0 atom stereocenters. The maximum Gasteiger partial charge on any atom is 0.270 e. The average molecular weight is 306 g/mol. The fourth-order valence-corrected chi connectivity index (χ4v) is 1.68. The first-order valence-corrected chi connectivity index (χ1v) is 6.63. The number of carbonyl (C=O) groups is 1. The number of amides is 1. The maximum atomic E-state index is 13.6. The van der Waals surface area contributed by atoms with Crippen LogP contribution in [0.25, 0.3) is 0 Å². The number of para-hydroxylation sites is 1. The van der Waals surface area contributed by atoms with E-state index in [-0.39, 0.29) is 17.3 Å². The Labute approximate surface area is 126 Å². The van der Waals surface area contributed by atoms with Crippen LogP contribution in [0.5, 0.6) is 0 Å². The molecule has 22 heavy (non-hydrogen) atoms. The SMILES string of the molecule is CC(C)(C)NC(=O)c1ccnc(Nc2c(F)cccc2F)n1. The summed E-state index contributed by atoms with van der Waals surface area (Å²) in [6.45, 7) is 5.50. The Morgan fingerprint density at radius 2 is 1.77 bits per heavy atom. The van der Waals surface area contributed by atoms with Crippen molar-refractivity contribution in [2.45, 2.75) is 26.3 Å². The molecule has 0 aliphatic rings. The lowest BCUT2D eigenvalue weighted by Crippen LogP contribution is -2.41. The highest BCUT2D eigenvalue weighted by molar-refractivity contribution is 5.92. The molecule has 1 aromatic carbocycles. The minimum absolute atomic E-state index is 0.0643. The van der Waals surface area contributed by atoms with Gasteiger partial charge in [-0.25, -0.2) is 18.7 Å². The van der Waals surface area contributed by atoms with Gasteiger partial charge >= 0.3 is 0 Å². The molecule has 0 saturated carbocycles. The topological polar surface area (TPSA) is 66.9 Å². The Hall–Kier alpha value is -2.57. The number of nitrogens with zero attached hydrogens (tertiary/aromatic N) is 2. The van der Waals surface area contributed by atoms with E-state index in [0.717, 1.165) is 12.1 Å². The summed E-state index contributed by atoms with van der Waals surface area (Å²) >= 11 is 0. The Bertz CT molecular complexity index is 678. The van der Waals surface area contributed by atoms with Gasteiger partial charge in [0.05, 0.1) is 0 Å². The molecule has 116 valence electrons. The quantitative estimate of drug-likeness (QED) is 0.914. The number of benzene rings is 1. The predicted octanol–water partition coefficient (Wildman–Crippen LogP) is 3.03. The number of anilines is 2. The molecule has 0 radical (unpaired) electrons. The maximum absolute atomic E-state index is 13.6. The first kappa shape index (κ1) is 15.8. The number of halogens is 2. The van der Waals surface area contributed by atoms with E-state index in [0.29, 0.717) is 0 Å². The molecule has 2 N–H and O–H groups in total. The second kappa shape index (κ2) is 6.05. The zero-order chi connectivity index (χ0) is 16.3. The van der Waals surface area contributed by atoms with Crippen LogP contribution in [0, 0.1) is 11.6 Å². The molecule has 0 fully saturated rings. The molecule has 1 amide bonds. The highest BCUT2D eigenvalue weighted by atomic mass is 19.1. The van der Waals surface area contributed by atoms with Crippen molar-refractivity contribution < 1.29 is 13.6 Å². The van der Waals surface area contributed by atoms with E-state index in [1.165, 1.54) is 18.3 Å². The van der Waals surface area contributed by atoms with E-state index in [4.69, 9.17) is 0 Å². The lowest BCUT2D eigenvalue weighted by molar-refractivity contribution is 0.0914. The minimum atomic E-state index is -0.770. The molecule has 7 heteroatoms. The number of aromatic nitrogens is 2. The number of hydrogen-bond acceptors (Lipinski definition) is 4. The second-order valence-corrected chi connectivity index (χ2v) is 5.69. The van der Waals surface area contributed by atoms with E-state index >= 15 is 0 Å². The molecule has 2 aromatic rings. The Balaban J connectivity index is 2.24. The fourth-order valence-electron chi connectivity index (χ4n) is 1.68. The van der Waals surface area contributed by atoms with Crippen molar-refractivity contribution in [2.24, 2.45) is 0 Å². The summed E-state index contributed by atoms with van der Waals surface area (Å²) < 4.78 is 27.2. The van der Waals surface area contributed by atoms with Crippen LogP contribution in [0.4, 0.5) is 20.4 Å². The van der Waals surface area contributed by atoms with Crippen molar-refractivity contribution >= 4 is 17.5 Å². The molecule has 1 aromatic heterocycles. The number of rotatable bonds is 3. The van der Waals surface area contributed by atoms with Gasteiger partial charge in [0.1, 0.15) is 23.0 Å². The zero-order valence-electron chi connectivity index (χ0n) is 12.4. The van der Waals surface area contributed by atoms with Crippen LogP contribution in [0.3, 0.4) is 0 Å². The van der Waals surface area contributed by atoms with Crippen molar-refractivity contribution in [3.8, 4) is 0 Å². The molecule has 5 nitrogen and oxygen atoms in total. The van der Waals surface area contributed by atoms with Crippen molar-refractivity contribution in [3.63, 3.8) is 0 Å². The summed E-state index contributed by atoms with van der Waals surface area (Å²) in [4.78, 5) is 19.8. The van der Waals surface area contributed by atoms with Gasteiger partial charge in [-0.3, -0.25) is 4.79 Å². The highest BCUT2D eigenvalue weighted by Gasteiger charge is 2.17. The molecule has 2 rings (SSSR count). The number of carbonyl (C=O) groups excluding carboxylic acids is 1. The average Bonchev–Trinajstić information content (AvgIpc) is 2.41. The van der Waals surface area contributed by atoms with E-state index in [1.807, 2.05) is 20.8 Å². The fraction of sp³-hybridized carbons (Fsp3) is 0.267. The third kappa shape index (κ3) is 3.97. The van der Waals surface area contributed by atoms with Crippen LogP contribution in [-0.4, -0.2) is 21.4 Å². The smallest absolute Gasteiger partial charge is 0.270 e. The van der Waals surface area contributed by atoms with Crippen LogP contribution >= 0.6 is 0 Å². The number of nitrogens with one attached hydrogen (secondary N) is 2. The third-order valence-corrected chi connectivity index (χ3v) is 2.58. The summed E-state index contributed by atoms with van der Waals surface area (Å²) in [5.41, 5.74) is -0.687. The van der Waals surface area contributed by atoms with E-state index in [9.17, 15) is 13.6 Å². The van der Waals surface area contributed by atoms with Gasteiger partial charge in [-0.15, -0.1) is 0 Å². The van der Waals surface area contributed by atoms with Crippen molar-refractivity contribution in [3.05, 3.63) is 47.8 Å². The summed E-state index contributed by atoms with van der Waals surface area (Å²) in [7, 11) is 0. The van der Waals surface area contributed by atoms with Crippen LogP contribution < -0.4 is 10.6 Å². The van der Waals surface area contributed by atoms with Gasteiger partial charge in [-0.05, 0) is 39.0 Å². The predicted molar refractivity (Wildman–Crippen MR) is 78.9 cm³/mol. The highest BCUT2D eigenvalue weighted by Crippen LogP contribution is 2.21. The Kier molecular flexibility index (Phi) is 4.35. The molecule has 0 unspecified atom stereocenters. The van der Waals surface area contributed by atoms with Crippen molar-refractivity contribution in [1.82, 2.24) is 15.3 Å². The first-order chi connectivity index (χ1) is 10.3. The summed E-state index contributed by atoms with van der Waals surface area (Å²) in [6.07, 6.45) is 1.34. The molecule has 0 bridgehead atoms. The zero-order valence-corrected chi connectivity index (χ0v) is 12.4. The van der Waals surface area contributed by atoms with Crippen LogP contribution in [0.1, 0.15) is 31.3 Å². The first-order valence-electron chi connectivity index (χ1n) is 6.63. The Morgan fingerprint density at radius 1 is 1.14 bits per heavy atom. The van der Waals surface area contributed by atoms with Gasteiger partial charge in [0.25, 0.3) is 5.91 Å².